The van der Waals surface area contributed by atoms with Crippen molar-refractivity contribution in [2.45, 2.75) is 45.9 Å². The van der Waals surface area contributed by atoms with Gasteiger partial charge in [0.2, 0.25) is 0 Å². The molecule has 23 heavy (non-hydrogen) atoms. The van der Waals surface area contributed by atoms with E-state index < -0.39 is 5.60 Å². The van der Waals surface area contributed by atoms with Gasteiger partial charge in [0.05, 0.1) is 11.6 Å². The zero-order valence-electron chi connectivity index (χ0n) is 14.4. The summed E-state index contributed by atoms with van der Waals surface area (Å²) in [6.07, 6.45) is -0.234. The minimum absolute atomic E-state index is 0.234. The summed E-state index contributed by atoms with van der Waals surface area (Å²) in [5, 5.41) is 8.84. The summed E-state index contributed by atoms with van der Waals surface area (Å²) in [4.78, 5) is 16.3. The second-order valence-electron chi connectivity index (χ2n) is 7.05. The van der Waals surface area contributed by atoms with E-state index in [4.69, 9.17) is 10.00 Å². The highest BCUT2D eigenvalue weighted by atomic mass is 16.6. The van der Waals surface area contributed by atoms with E-state index in [9.17, 15) is 4.79 Å². The summed E-state index contributed by atoms with van der Waals surface area (Å²) in [6, 6.07) is 10.1. The number of hydrogen-bond acceptors (Lipinski definition) is 4. The molecule has 0 aliphatic carbocycles. The Labute approximate surface area is 138 Å². The van der Waals surface area contributed by atoms with Gasteiger partial charge in [0.15, 0.2) is 0 Å². The highest BCUT2D eigenvalue weighted by molar-refractivity contribution is 5.68. The van der Waals surface area contributed by atoms with Crippen molar-refractivity contribution >= 4 is 6.09 Å². The Morgan fingerprint density at radius 1 is 1.30 bits per heavy atom. The lowest BCUT2D eigenvalue weighted by Gasteiger charge is -2.40. The van der Waals surface area contributed by atoms with Gasteiger partial charge in [-0.2, -0.15) is 5.26 Å². The van der Waals surface area contributed by atoms with E-state index in [0.717, 1.165) is 13.1 Å². The average molecular weight is 315 g/mol. The molecule has 1 aliphatic rings. The minimum atomic E-state index is -0.458. The number of rotatable bonds is 2. The maximum absolute atomic E-state index is 12.1. The number of piperazine rings is 1. The molecule has 1 aromatic carbocycles. The lowest BCUT2D eigenvalue weighted by atomic mass is 10.1. The second kappa shape index (κ2) is 7.01. The first kappa shape index (κ1) is 17.3. The smallest absolute Gasteiger partial charge is 0.410 e. The first-order valence-corrected chi connectivity index (χ1v) is 7.99. The normalized spacial score (nSPS) is 19.3. The van der Waals surface area contributed by atoms with Crippen LogP contribution in [-0.4, -0.2) is 47.2 Å². The molecular formula is C18H25N3O2. The van der Waals surface area contributed by atoms with Gasteiger partial charge in [0, 0.05) is 32.2 Å². The largest absolute Gasteiger partial charge is 0.444 e. The van der Waals surface area contributed by atoms with Crippen molar-refractivity contribution in [3.8, 4) is 6.07 Å². The third-order valence-electron chi connectivity index (χ3n) is 3.89. The van der Waals surface area contributed by atoms with Crippen LogP contribution in [0.5, 0.6) is 0 Å². The van der Waals surface area contributed by atoms with Crippen LogP contribution >= 0.6 is 0 Å². The summed E-state index contributed by atoms with van der Waals surface area (Å²) in [7, 11) is 0. The molecule has 2 rings (SSSR count). The van der Waals surface area contributed by atoms with Crippen LogP contribution in [0.15, 0.2) is 24.3 Å². The molecule has 1 aliphatic heterocycles. The van der Waals surface area contributed by atoms with Gasteiger partial charge < -0.3 is 9.64 Å². The molecule has 0 bridgehead atoms. The molecule has 0 radical (unpaired) electrons. The Kier molecular flexibility index (Phi) is 5.27. The average Bonchev–Trinajstić information content (AvgIpc) is 2.48. The molecule has 0 spiro atoms. The Balaban J connectivity index is 1.91. The topological polar surface area (TPSA) is 56.6 Å². The third kappa shape index (κ3) is 4.97. The number of amides is 1. The summed E-state index contributed by atoms with van der Waals surface area (Å²) >= 11 is 0. The lowest BCUT2D eigenvalue weighted by molar-refractivity contribution is 0.00461. The molecule has 124 valence electrons. The molecule has 1 atom stereocenters. The fourth-order valence-electron chi connectivity index (χ4n) is 2.64. The SMILES string of the molecule is C[C@H]1CN(C(=O)OC(C)(C)C)CCN1Cc1ccc(C#N)cc1. The molecule has 1 amide bonds. The Morgan fingerprint density at radius 3 is 2.48 bits per heavy atom. The van der Waals surface area contributed by atoms with E-state index in [0.29, 0.717) is 18.7 Å². The molecule has 0 saturated carbocycles. The van der Waals surface area contributed by atoms with Gasteiger partial charge >= 0.3 is 6.09 Å². The van der Waals surface area contributed by atoms with Gasteiger partial charge in [0.25, 0.3) is 0 Å². The van der Waals surface area contributed by atoms with Crippen molar-refractivity contribution in [1.82, 2.24) is 9.80 Å². The van der Waals surface area contributed by atoms with Gasteiger partial charge in [-0.1, -0.05) is 12.1 Å². The molecular weight excluding hydrogens is 290 g/mol. The van der Waals surface area contributed by atoms with E-state index in [1.807, 2.05) is 45.0 Å². The van der Waals surface area contributed by atoms with Crippen LogP contribution in [0.4, 0.5) is 4.79 Å². The molecule has 5 nitrogen and oxygen atoms in total. The fourth-order valence-corrected chi connectivity index (χ4v) is 2.64. The van der Waals surface area contributed by atoms with Gasteiger partial charge in [0.1, 0.15) is 5.60 Å². The maximum atomic E-state index is 12.1. The van der Waals surface area contributed by atoms with E-state index >= 15 is 0 Å². The van der Waals surface area contributed by atoms with Crippen LogP contribution in [-0.2, 0) is 11.3 Å². The number of carbonyl (C=O) groups is 1. The van der Waals surface area contributed by atoms with Gasteiger partial charge in [-0.05, 0) is 45.4 Å². The Morgan fingerprint density at radius 2 is 1.96 bits per heavy atom. The Bertz CT molecular complexity index is 584. The van der Waals surface area contributed by atoms with Crippen LogP contribution in [0, 0.1) is 11.3 Å². The minimum Gasteiger partial charge on any atom is -0.444 e. The van der Waals surface area contributed by atoms with Crippen molar-refractivity contribution < 1.29 is 9.53 Å². The second-order valence-corrected chi connectivity index (χ2v) is 7.05. The first-order valence-electron chi connectivity index (χ1n) is 7.99. The predicted molar refractivity (Wildman–Crippen MR) is 88.8 cm³/mol. The van der Waals surface area contributed by atoms with Gasteiger partial charge in [-0.25, -0.2) is 4.79 Å². The predicted octanol–water partition coefficient (Wildman–Crippen LogP) is 3.00. The molecule has 1 fully saturated rings. The number of ether oxygens (including phenoxy) is 1. The van der Waals surface area contributed by atoms with Crippen LogP contribution in [0.2, 0.25) is 0 Å². The highest BCUT2D eigenvalue weighted by Crippen LogP contribution is 2.17. The van der Waals surface area contributed by atoms with E-state index in [2.05, 4.69) is 17.9 Å². The lowest BCUT2D eigenvalue weighted by Crippen LogP contribution is -2.54. The third-order valence-corrected chi connectivity index (χ3v) is 3.89. The van der Waals surface area contributed by atoms with Crippen molar-refractivity contribution in [3.05, 3.63) is 35.4 Å². The van der Waals surface area contributed by atoms with Crippen molar-refractivity contribution in [2.24, 2.45) is 0 Å². The Hall–Kier alpha value is -2.06. The first-order chi connectivity index (χ1) is 10.8. The van der Waals surface area contributed by atoms with Gasteiger partial charge in [-0.15, -0.1) is 0 Å². The van der Waals surface area contributed by atoms with Crippen LogP contribution in [0.25, 0.3) is 0 Å². The number of carbonyl (C=O) groups excluding carboxylic acids is 1. The number of benzene rings is 1. The molecule has 1 aromatic rings. The van der Waals surface area contributed by atoms with Gasteiger partial charge in [-0.3, -0.25) is 4.90 Å². The zero-order valence-corrected chi connectivity index (χ0v) is 14.4. The summed E-state index contributed by atoms with van der Waals surface area (Å²) in [5.74, 6) is 0. The fraction of sp³-hybridized carbons (Fsp3) is 0.556. The van der Waals surface area contributed by atoms with Crippen molar-refractivity contribution in [2.75, 3.05) is 19.6 Å². The number of nitrogens with zero attached hydrogens (tertiary/aromatic N) is 3. The van der Waals surface area contributed by atoms with E-state index in [1.165, 1.54) is 5.56 Å². The molecule has 0 aromatic heterocycles. The number of nitriles is 1. The monoisotopic (exact) mass is 315 g/mol. The summed E-state index contributed by atoms with van der Waals surface area (Å²) < 4.78 is 5.44. The van der Waals surface area contributed by atoms with Crippen molar-refractivity contribution in [3.63, 3.8) is 0 Å². The molecule has 5 heteroatoms. The molecule has 0 unspecified atom stereocenters. The summed E-state index contributed by atoms with van der Waals surface area (Å²) in [5.41, 5.74) is 1.40. The number of hydrogen-bond donors (Lipinski definition) is 0. The van der Waals surface area contributed by atoms with E-state index in [1.54, 1.807) is 4.90 Å². The van der Waals surface area contributed by atoms with E-state index in [-0.39, 0.29) is 12.1 Å². The van der Waals surface area contributed by atoms with Crippen LogP contribution < -0.4 is 0 Å². The van der Waals surface area contributed by atoms with Crippen LogP contribution in [0.1, 0.15) is 38.8 Å². The molecule has 0 N–H and O–H groups in total. The molecule has 1 saturated heterocycles. The molecule has 1 heterocycles. The maximum Gasteiger partial charge on any atom is 0.410 e. The summed E-state index contributed by atoms with van der Waals surface area (Å²) in [6.45, 7) is 10.8. The quantitative estimate of drug-likeness (QED) is 0.842. The van der Waals surface area contributed by atoms with Crippen LogP contribution in [0.3, 0.4) is 0 Å². The zero-order chi connectivity index (χ0) is 17.0. The highest BCUT2D eigenvalue weighted by Gasteiger charge is 2.29. The standard InChI is InChI=1S/C18H25N3O2/c1-14-12-21(17(22)23-18(2,3)4)10-9-20(14)13-16-7-5-15(11-19)6-8-16/h5-8,14H,9-10,12-13H2,1-4H3/t14-/m0/s1. The van der Waals surface area contributed by atoms with Crippen molar-refractivity contribution in [1.29, 1.82) is 5.26 Å².